The number of hydrogen-bond donors (Lipinski definition) is 3. The van der Waals surface area contributed by atoms with Gasteiger partial charge in [-0.15, -0.1) is 0 Å². The minimum absolute atomic E-state index is 0.178. The van der Waals surface area contributed by atoms with E-state index in [9.17, 15) is 9.90 Å². The highest BCUT2D eigenvalue weighted by molar-refractivity contribution is 6.30. The lowest BCUT2D eigenvalue weighted by atomic mass is 10.1. The number of imidazole rings is 1. The van der Waals surface area contributed by atoms with Crippen molar-refractivity contribution in [1.82, 2.24) is 24.8 Å². The van der Waals surface area contributed by atoms with Crippen LogP contribution >= 0.6 is 11.6 Å². The molecular weight excluding hydrogens is 516 g/mol. The molecule has 0 bridgehead atoms. The third-order valence-corrected chi connectivity index (χ3v) is 6.07. The van der Waals surface area contributed by atoms with Crippen LogP contribution < -0.4 is 15.4 Å². The predicted molar refractivity (Wildman–Crippen MR) is 149 cm³/mol. The largest absolute Gasteiger partial charge is 0.457 e. The standard InChI is InChI=1S/C29H25ClN6O3/c1-19-15-31-29(33-22-10-12-24(13-11-22)39-23-8-3-2-4-9-23)35-27(19)36-16-25(32-18-36)28(38)34-26(17-37)20-6-5-7-21(30)14-20/h2-16,18,26,37H,17H2,1H3,(H,34,38)(H,31,33,35). The van der Waals surface area contributed by atoms with E-state index >= 15 is 0 Å². The number of nitrogens with zero attached hydrogens (tertiary/aromatic N) is 4. The summed E-state index contributed by atoms with van der Waals surface area (Å²) in [5.74, 6) is 1.98. The molecule has 1 atom stereocenters. The van der Waals surface area contributed by atoms with E-state index < -0.39 is 11.9 Å². The zero-order valence-corrected chi connectivity index (χ0v) is 21.7. The average Bonchev–Trinajstić information content (AvgIpc) is 3.45. The molecule has 2 aromatic heterocycles. The number of para-hydroxylation sites is 1. The molecule has 3 N–H and O–H groups in total. The summed E-state index contributed by atoms with van der Waals surface area (Å²) in [5.41, 5.74) is 2.45. The van der Waals surface area contributed by atoms with Gasteiger partial charge in [-0.2, -0.15) is 4.98 Å². The molecule has 196 valence electrons. The van der Waals surface area contributed by atoms with Crippen molar-refractivity contribution in [3.63, 3.8) is 0 Å². The zero-order chi connectivity index (χ0) is 27.2. The quantitative estimate of drug-likeness (QED) is 0.222. The highest BCUT2D eigenvalue weighted by atomic mass is 35.5. The fourth-order valence-electron chi connectivity index (χ4n) is 3.86. The molecule has 0 saturated carbocycles. The maximum atomic E-state index is 12.9. The molecule has 1 unspecified atom stereocenters. The summed E-state index contributed by atoms with van der Waals surface area (Å²) in [6.45, 7) is 1.59. The Morgan fingerprint density at radius 2 is 1.79 bits per heavy atom. The van der Waals surface area contributed by atoms with Gasteiger partial charge in [-0.1, -0.05) is 41.9 Å². The molecule has 0 fully saturated rings. The molecule has 0 aliphatic carbocycles. The van der Waals surface area contributed by atoms with E-state index in [1.807, 2.05) is 61.5 Å². The first-order valence-electron chi connectivity index (χ1n) is 12.1. The molecule has 0 radical (unpaired) electrons. The Morgan fingerprint density at radius 1 is 1.03 bits per heavy atom. The molecule has 0 aliphatic rings. The number of aliphatic hydroxyl groups is 1. The van der Waals surface area contributed by atoms with E-state index in [2.05, 4.69) is 25.6 Å². The number of carbonyl (C=O) groups is 1. The fraction of sp³-hybridized carbons (Fsp3) is 0.103. The summed E-state index contributed by atoms with van der Waals surface area (Å²) in [6, 6.07) is 23.4. The molecule has 2 heterocycles. The Balaban J connectivity index is 1.28. The number of amides is 1. The van der Waals surface area contributed by atoms with Gasteiger partial charge in [-0.3, -0.25) is 9.36 Å². The Labute approximate surface area is 230 Å². The normalized spacial score (nSPS) is 11.6. The van der Waals surface area contributed by atoms with E-state index in [4.69, 9.17) is 16.3 Å². The molecule has 39 heavy (non-hydrogen) atoms. The van der Waals surface area contributed by atoms with Crippen molar-refractivity contribution in [2.75, 3.05) is 11.9 Å². The van der Waals surface area contributed by atoms with Gasteiger partial charge in [0, 0.05) is 28.7 Å². The van der Waals surface area contributed by atoms with E-state index in [1.165, 1.54) is 6.33 Å². The average molecular weight is 541 g/mol. The second-order valence-corrected chi connectivity index (χ2v) is 9.13. The van der Waals surface area contributed by atoms with Crippen molar-refractivity contribution in [3.8, 4) is 17.3 Å². The number of ether oxygens (including phenoxy) is 1. The van der Waals surface area contributed by atoms with E-state index in [-0.39, 0.29) is 12.3 Å². The van der Waals surface area contributed by atoms with Crippen LogP contribution in [0, 0.1) is 6.92 Å². The van der Waals surface area contributed by atoms with Crippen molar-refractivity contribution in [2.45, 2.75) is 13.0 Å². The minimum atomic E-state index is -0.623. The van der Waals surface area contributed by atoms with Crippen LogP contribution in [0.1, 0.15) is 27.7 Å². The molecule has 10 heteroatoms. The first-order valence-corrected chi connectivity index (χ1v) is 12.5. The Hall–Kier alpha value is -4.73. The minimum Gasteiger partial charge on any atom is -0.457 e. The summed E-state index contributed by atoms with van der Waals surface area (Å²) < 4.78 is 7.49. The van der Waals surface area contributed by atoms with Crippen LogP contribution in [0.25, 0.3) is 5.82 Å². The van der Waals surface area contributed by atoms with Gasteiger partial charge >= 0.3 is 0 Å². The summed E-state index contributed by atoms with van der Waals surface area (Å²) in [5, 5.41) is 16.3. The van der Waals surface area contributed by atoms with Gasteiger partial charge in [-0.05, 0) is 61.0 Å². The SMILES string of the molecule is Cc1cnc(Nc2ccc(Oc3ccccc3)cc2)nc1-n1cnc(C(=O)NC(CO)c2cccc(Cl)c2)c1. The van der Waals surface area contributed by atoms with Crippen molar-refractivity contribution in [1.29, 1.82) is 0 Å². The smallest absolute Gasteiger partial charge is 0.272 e. The van der Waals surface area contributed by atoms with Crippen LogP contribution in [-0.2, 0) is 0 Å². The molecular formula is C29H25ClN6O3. The first kappa shape index (κ1) is 25.9. The number of hydrogen-bond acceptors (Lipinski definition) is 7. The number of aromatic nitrogens is 4. The van der Waals surface area contributed by atoms with Crippen LogP contribution in [0.4, 0.5) is 11.6 Å². The molecule has 0 aliphatic heterocycles. The van der Waals surface area contributed by atoms with Gasteiger partial charge < -0.3 is 20.5 Å². The number of halogens is 1. The van der Waals surface area contributed by atoms with Gasteiger partial charge in [-0.25, -0.2) is 9.97 Å². The number of benzene rings is 3. The Kier molecular flexibility index (Phi) is 7.81. The third kappa shape index (κ3) is 6.40. The highest BCUT2D eigenvalue weighted by Crippen LogP contribution is 2.24. The van der Waals surface area contributed by atoms with E-state index in [0.717, 1.165) is 17.0 Å². The van der Waals surface area contributed by atoms with Crippen molar-refractivity contribution >= 4 is 29.1 Å². The van der Waals surface area contributed by atoms with Gasteiger partial charge in [0.2, 0.25) is 5.95 Å². The van der Waals surface area contributed by atoms with Crippen LogP contribution in [0.5, 0.6) is 11.5 Å². The molecule has 5 aromatic rings. The van der Waals surface area contributed by atoms with Gasteiger partial charge in [0.15, 0.2) is 0 Å². The lowest BCUT2D eigenvalue weighted by molar-refractivity contribution is 0.0911. The Morgan fingerprint density at radius 3 is 2.54 bits per heavy atom. The number of carbonyl (C=O) groups excluding carboxylic acids is 1. The monoisotopic (exact) mass is 540 g/mol. The number of nitrogens with one attached hydrogen (secondary N) is 2. The van der Waals surface area contributed by atoms with E-state index in [1.54, 1.807) is 41.2 Å². The third-order valence-electron chi connectivity index (χ3n) is 5.83. The second-order valence-electron chi connectivity index (χ2n) is 8.69. The Bertz CT molecular complexity index is 1570. The van der Waals surface area contributed by atoms with Gasteiger partial charge in [0.05, 0.1) is 12.6 Å². The maximum absolute atomic E-state index is 12.9. The number of aliphatic hydroxyl groups excluding tert-OH is 1. The maximum Gasteiger partial charge on any atom is 0.272 e. The summed E-state index contributed by atoms with van der Waals surface area (Å²) in [4.78, 5) is 26.1. The van der Waals surface area contributed by atoms with Crippen molar-refractivity contribution in [2.24, 2.45) is 0 Å². The van der Waals surface area contributed by atoms with Crippen molar-refractivity contribution in [3.05, 3.63) is 119 Å². The molecule has 5 rings (SSSR count). The summed E-state index contributed by atoms with van der Waals surface area (Å²) >= 11 is 6.05. The number of rotatable bonds is 9. The zero-order valence-electron chi connectivity index (χ0n) is 21.0. The van der Waals surface area contributed by atoms with Gasteiger partial charge in [0.25, 0.3) is 5.91 Å². The summed E-state index contributed by atoms with van der Waals surface area (Å²) in [7, 11) is 0. The van der Waals surface area contributed by atoms with Crippen LogP contribution in [-0.4, -0.2) is 37.1 Å². The number of anilines is 2. The molecule has 9 nitrogen and oxygen atoms in total. The predicted octanol–water partition coefficient (Wildman–Crippen LogP) is 5.62. The second kappa shape index (κ2) is 11.8. The topological polar surface area (TPSA) is 114 Å². The van der Waals surface area contributed by atoms with Crippen LogP contribution in [0.2, 0.25) is 5.02 Å². The van der Waals surface area contributed by atoms with Crippen LogP contribution in [0.3, 0.4) is 0 Å². The lowest BCUT2D eigenvalue weighted by Crippen LogP contribution is -2.31. The molecule has 0 spiro atoms. The molecule has 3 aromatic carbocycles. The van der Waals surface area contributed by atoms with Crippen LogP contribution in [0.15, 0.2) is 97.6 Å². The number of aryl methyl sites for hydroxylation is 1. The lowest BCUT2D eigenvalue weighted by Gasteiger charge is -2.16. The summed E-state index contributed by atoms with van der Waals surface area (Å²) in [6.07, 6.45) is 4.78. The van der Waals surface area contributed by atoms with E-state index in [0.29, 0.717) is 28.1 Å². The first-order chi connectivity index (χ1) is 19.0. The molecule has 1 amide bonds. The van der Waals surface area contributed by atoms with Crippen molar-refractivity contribution < 1.29 is 14.6 Å². The molecule has 0 saturated heterocycles. The van der Waals surface area contributed by atoms with Gasteiger partial charge in [0.1, 0.15) is 29.3 Å². The highest BCUT2D eigenvalue weighted by Gasteiger charge is 2.18. The fourth-order valence-corrected chi connectivity index (χ4v) is 4.06.